The largest absolute Gasteiger partial charge is 0.342 e. The van der Waals surface area contributed by atoms with Gasteiger partial charge < -0.3 is 11.1 Å². The second-order valence-corrected chi connectivity index (χ2v) is 4.97. The minimum atomic E-state index is -0.0557. The molecule has 0 unspecified atom stereocenters. The summed E-state index contributed by atoms with van der Waals surface area (Å²) in [6.45, 7) is 3.54. The Balaban J connectivity index is 2.43. The quantitative estimate of drug-likeness (QED) is 0.678. The molecule has 102 valence electrons. The lowest BCUT2D eigenvalue weighted by molar-refractivity contribution is -0.122. The minimum Gasteiger partial charge on any atom is -0.342 e. The predicted octanol–water partition coefficient (Wildman–Crippen LogP) is 0.608. The molecule has 0 bridgehead atoms. The summed E-state index contributed by atoms with van der Waals surface area (Å²) in [4.78, 5) is 13.9. The van der Waals surface area contributed by atoms with Gasteiger partial charge in [-0.15, -0.1) is 0 Å². The number of amides is 1. The number of carbonyl (C=O) groups excluding carboxylic acids is 1. The monoisotopic (exact) mass is 252 g/mol. The van der Waals surface area contributed by atoms with Gasteiger partial charge in [0.2, 0.25) is 5.91 Å². The molecular formula is C13H24N4O. The molecule has 5 heteroatoms. The third-order valence-electron chi connectivity index (χ3n) is 3.48. The highest BCUT2D eigenvalue weighted by molar-refractivity contribution is 5.78. The molecule has 3 N–H and O–H groups in total. The summed E-state index contributed by atoms with van der Waals surface area (Å²) in [5.74, 6) is -0.0557. The van der Waals surface area contributed by atoms with Crippen molar-refractivity contribution in [2.75, 3.05) is 19.6 Å². The van der Waals surface area contributed by atoms with Gasteiger partial charge in [-0.2, -0.15) is 5.26 Å². The Morgan fingerprint density at radius 3 is 2.67 bits per heavy atom. The highest BCUT2D eigenvalue weighted by Crippen LogP contribution is 2.22. The zero-order valence-electron chi connectivity index (χ0n) is 11.2. The number of nitriles is 1. The van der Waals surface area contributed by atoms with Crippen LogP contribution in [0.2, 0.25) is 0 Å². The number of rotatable bonds is 6. The molecule has 1 fully saturated rings. The Kier molecular flexibility index (Phi) is 6.69. The Bertz CT molecular complexity index is 292. The number of carbonyl (C=O) groups is 1. The van der Waals surface area contributed by atoms with Crippen LogP contribution in [0.3, 0.4) is 0 Å². The third-order valence-corrected chi connectivity index (χ3v) is 3.48. The molecule has 0 aromatic heterocycles. The van der Waals surface area contributed by atoms with E-state index in [0.717, 1.165) is 38.6 Å². The molecule has 0 radical (unpaired) electrons. The van der Waals surface area contributed by atoms with E-state index < -0.39 is 0 Å². The van der Waals surface area contributed by atoms with E-state index in [1.165, 1.54) is 0 Å². The van der Waals surface area contributed by atoms with Crippen LogP contribution in [0.15, 0.2) is 0 Å². The summed E-state index contributed by atoms with van der Waals surface area (Å²) in [6.07, 6.45) is 5.28. The summed E-state index contributed by atoms with van der Waals surface area (Å²) < 4.78 is 0. The molecule has 0 heterocycles. The van der Waals surface area contributed by atoms with Crippen molar-refractivity contribution in [2.24, 2.45) is 5.73 Å². The van der Waals surface area contributed by atoms with Crippen molar-refractivity contribution in [3.05, 3.63) is 0 Å². The fourth-order valence-corrected chi connectivity index (χ4v) is 2.52. The lowest BCUT2D eigenvalue weighted by Gasteiger charge is -2.35. The molecule has 0 aromatic carbocycles. The maximum absolute atomic E-state index is 11.7. The number of nitrogens with zero attached hydrogens (tertiary/aromatic N) is 2. The van der Waals surface area contributed by atoms with Crippen LogP contribution in [0.1, 0.15) is 39.0 Å². The van der Waals surface area contributed by atoms with Crippen LogP contribution in [0, 0.1) is 11.3 Å². The van der Waals surface area contributed by atoms with E-state index in [0.29, 0.717) is 18.6 Å². The summed E-state index contributed by atoms with van der Waals surface area (Å²) in [5.41, 5.74) is 5.90. The van der Waals surface area contributed by atoms with E-state index in [4.69, 9.17) is 11.0 Å². The van der Waals surface area contributed by atoms with Gasteiger partial charge in [0.15, 0.2) is 0 Å². The first-order valence-electron chi connectivity index (χ1n) is 6.80. The molecule has 1 rings (SSSR count). The van der Waals surface area contributed by atoms with Gasteiger partial charge in [-0.25, -0.2) is 0 Å². The zero-order chi connectivity index (χ0) is 13.4. The third kappa shape index (κ3) is 5.03. The number of hydrogen-bond donors (Lipinski definition) is 2. The van der Waals surface area contributed by atoms with Crippen LogP contribution < -0.4 is 11.1 Å². The molecule has 5 nitrogen and oxygen atoms in total. The van der Waals surface area contributed by atoms with E-state index in [2.05, 4.69) is 17.1 Å². The molecule has 1 aliphatic carbocycles. The summed E-state index contributed by atoms with van der Waals surface area (Å²) >= 11 is 0. The lowest BCUT2D eigenvalue weighted by Crippen LogP contribution is -2.46. The molecule has 0 saturated heterocycles. The van der Waals surface area contributed by atoms with Crippen molar-refractivity contribution < 1.29 is 4.79 Å². The molecule has 1 amide bonds. The summed E-state index contributed by atoms with van der Waals surface area (Å²) in [6, 6.07) is 2.72. The molecule has 0 spiro atoms. The normalized spacial score (nSPS) is 23.7. The van der Waals surface area contributed by atoms with Crippen molar-refractivity contribution in [3.8, 4) is 6.07 Å². The first-order valence-corrected chi connectivity index (χ1v) is 6.80. The SMILES string of the molecule is CCCN(CC(=O)NCC#N)C1CCC(N)CC1. The number of nitrogens with one attached hydrogen (secondary N) is 1. The summed E-state index contributed by atoms with van der Waals surface area (Å²) in [7, 11) is 0. The maximum Gasteiger partial charge on any atom is 0.235 e. The highest BCUT2D eigenvalue weighted by Gasteiger charge is 2.24. The van der Waals surface area contributed by atoms with Crippen molar-refractivity contribution in [1.29, 1.82) is 5.26 Å². The van der Waals surface area contributed by atoms with E-state index in [9.17, 15) is 4.79 Å². The molecular weight excluding hydrogens is 228 g/mol. The Labute approximate surface area is 109 Å². The van der Waals surface area contributed by atoms with Crippen LogP contribution in [-0.2, 0) is 4.79 Å². The predicted molar refractivity (Wildman–Crippen MR) is 70.7 cm³/mol. The van der Waals surface area contributed by atoms with E-state index in [-0.39, 0.29) is 12.5 Å². The number of hydrogen-bond acceptors (Lipinski definition) is 4. The van der Waals surface area contributed by atoms with Crippen LogP contribution in [0.25, 0.3) is 0 Å². The van der Waals surface area contributed by atoms with Gasteiger partial charge in [-0.05, 0) is 38.6 Å². The van der Waals surface area contributed by atoms with Crippen LogP contribution in [0.4, 0.5) is 0 Å². The smallest absolute Gasteiger partial charge is 0.235 e. The Morgan fingerprint density at radius 1 is 1.44 bits per heavy atom. The second kappa shape index (κ2) is 8.06. The van der Waals surface area contributed by atoms with Crippen molar-refractivity contribution in [1.82, 2.24) is 10.2 Å². The van der Waals surface area contributed by atoms with Gasteiger partial charge in [-0.1, -0.05) is 6.92 Å². The number of nitrogens with two attached hydrogens (primary N) is 1. The molecule has 0 atom stereocenters. The van der Waals surface area contributed by atoms with Crippen LogP contribution >= 0.6 is 0 Å². The van der Waals surface area contributed by atoms with Crippen molar-refractivity contribution >= 4 is 5.91 Å². The molecule has 1 aliphatic rings. The van der Waals surface area contributed by atoms with Gasteiger partial charge >= 0.3 is 0 Å². The van der Waals surface area contributed by atoms with E-state index >= 15 is 0 Å². The topological polar surface area (TPSA) is 82.2 Å². The fourth-order valence-electron chi connectivity index (χ4n) is 2.52. The van der Waals surface area contributed by atoms with Gasteiger partial charge in [-0.3, -0.25) is 9.69 Å². The average Bonchev–Trinajstić information content (AvgIpc) is 2.37. The lowest BCUT2D eigenvalue weighted by atomic mass is 9.90. The maximum atomic E-state index is 11.7. The molecule has 0 aliphatic heterocycles. The van der Waals surface area contributed by atoms with Crippen LogP contribution in [0.5, 0.6) is 0 Å². The van der Waals surface area contributed by atoms with Gasteiger partial charge in [0.05, 0.1) is 12.6 Å². The zero-order valence-corrected chi connectivity index (χ0v) is 11.2. The van der Waals surface area contributed by atoms with Gasteiger partial charge in [0.25, 0.3) is 0 Å². The highest BCUT2D eigenvalue weighted by atomic mass is 16.2. The Hall–Kier alpha value is -1.12. The summed E-state index contributed by atoms with van der Waals surface area (Å²) in [5, 5.41) is 11.0. The minimum absolute atomic E-state index is 0.0557. The van der Waals surface area contributed by atoms with Gasteiger partial charge in [0.1, 0.15) is 6.54 Å². The average molecular weight is 252 g/mol. The second-order valence-electron chi connectivity index (χ2n) is 4.97. The molecule has 1 saturated carbocycles. The van der Waals surface area contributed by atoms with Crippen molar-refractivity contribution in [3.63, 3.8) is 0 Å². The Morgan fingerprint density at radius 2 is 2.11 bits per heavy atom. The van der Waals surface area contributed by atoms with E-state index in [1.807, 2.05) is 6.07 Å². The molecule has 0 aromatic rings. The molecule has 18 heavy (non-hydrogen) atoms. The van der Waals surface area contributed by atoms with Crippen LogP contribution in [-0.4, -0.2) is 42.5 Å². The van der Waals surface area contributed by atoms with Crippen molar-refractivity contribution in [2.45, 2.75) is 51.1 Å². The standard InChI is InChI=1S/C13H24N4O/c1-2-9-17(10-13(18)16-8-7-14)12-5-3-11(15)4-6-12/h11-12H,2-6,8-10,15H2,1H3,(H,16,18). The van der Waals surface area contributed by atoms with Gasteiger partial charge in [0, 0.05) is 12.1 Å². The first kappa shape index (κ1) is 14.9. The first-order chi connectivity index (χ1) is 8.67. The fraction of sp³-hybridized carbons (Fsp3) is 0.846. The van der Waals surface area contributed by atoms with E-state index in [1.54, 1.807) is 0 Å².